The van der Waals surface area contributed by atoms with Crippen molar-refractivity contribution in [3.05, 3.63) is 36.8 Å². The van der Waals surface area contributed by atoms with Gasteiger partial charge in [0.15, 0.2) is 0 Å². The molecule has 0 fully saturated rings. The summed E-state index contributed by atoms with van der Waals surface area (Å²) in [6.07, 6.45) is 12.1. The highest BCUT2D eigenvalue weighted by Crippen LogP contribution is 2.12. The number of anilines is 1. The van der Waals surface area contributed by atoms with E-state index in [2.05, 4.69) is 19.2 Å². The van der Waals surface area contributed by atoms with Gasteiger partial charge in [0.1, 0.15) is 0 Å². The lowest BCUT2D eigenvalue weighted by Gasteiger charge is -2.06. The summed E-state index contributed by atoms with van der Waals surface area (Å²) in [5.41, 5.74) is 1.78. The third-order valence-electron chi connectivity index (χ3n) is 3.72. The molecule has 1 radical (unpaired) electrons. The fourth-order valence-electron chi connectivity index (χ4n) is 2.47. The molecule has 0 aliphatic heterocycles. The molecule has 0 saturated heterocycles. The summed E-state index contributed by atoms with van der Waals surface area (Å²) in [5, 5.41) is 2.93. The van der Waals surface area contributed by atoms with Crippen LogP contribution < -0.4 is 5.32 Å². The highest BCUT2D eigenvalue weighted by molar-refractivity contribution is 5.90. The van der Waals surface area contributed by atoms with Gasteiger partial charge < -0.3 is 5.32 Å². The second-order valence-corrected chi connectivity index (χ2v) is 5.83. The molecule has 0 aliphatic carbocycles. The van der Waals surface area contributed by atoms with E-state index in [1.54, 1.807) is 0 Å². The van der Waals surface area contributed by atoms with Gasteiger partial charge in [-0.25, -0.2) is 0 Å². The molecule has 0 bridgehead atoms. The Kier molecular flexibility index (Phi) is 9.60. The van der Waals surface area contributed by atoms with Gasteiger partial charge in [-0.3, -0.25) is 4.79 Å². The first-order valence-corrected chi connectivity index (χ1v) is 8.44. The van der Waals surface area contributed by atoms with E-state index in [1.807, 2.05) is 24.3 Å². The van der Waals surface area contributed by atoms with Crippen LogP contribution in [-0.2, 0) is 4.79 Å². The Labute approximate surface area is 130 Å². The number of hydrogen-bond donors (Lipinski definition) is 1. The summed E-state index contributed by atoms with van der Waals surface area (Å²) in [5.74, 6) is 0.114. The number of rotatable bonds is 11. The second-order valence-electron chi connectivity index (χ2n) is 5.83. The minimum Gasteiger partial charge on any atom is -0.326 e. The zero-order valence-electron chi connectivity index (χ0n) is 13.5. The number of unbranched alkanes of at least 4 members (excludes halogenated alkanes) is 8. The van der Waals surface area contributed by atoms with Crippen LogP contribution in [0.3, 0.4) is 0 Å². The Morgan fingerprint density at radius 3 is 2.24 bits per heavy atom. The van der Waals surface area contributed by atoms with E-state index < -0.39 is 0 Å². The van der Waals surface area contributed by atoms with E-state index in [4.69, 9.17) is 0 Å². The number of hydrogen-bond acceptors (Lipinski definition) is 1. The molecule has 0 atom stereocenters. The van der Waals surface area contributed by atoms with Crippen LogP contribution in [0.15, 0.2) is 24.3 Å². The normalized spacial score (nSPS) is 10.6. The van der Waals surface area contributed by atoms with E-state index in [-0.39, 0.29) is 5.91 Å². The molecule has 1 aromatic carbocycles. The number of nitrogens with one attached hydrogen (secondary N) is 1. The van der Waals surface area contributed by atoms with E-state index >= 15 is 0 Å². The summed E-state index contributed by atoms with van der Waals surface area (Å²) in [6.45, 7) is 6.11. The minimum absolute atomic E-state index is 0.114. The Morgan fingerprint density at radius 2 is 1.62 bits per heavy atom. The van der Waals surface area contributed by atoms with Crippen molar-refractivity contribution in [2.24, 2.45) is 0 Å². The smallest absolute Gasteiger partial charge is 0.224 e. The van der Waals surface area contributed by atoms with Crippen LogP contribution in [0.1, 0.15) is 76.7 Å². The van der Waals surface area contributed by atoms with Gasteiger partial charge in [0.25, 0.3) is 0 Å². The lowest BCUT2D eigenvalue weighted by molar-refractivity contribution is -0.116. The van der Waals surface area contributed by atoms with Crippen molar-refractivity contribution in [2.45, 2.75) is 71.1 Å². The van der Waals surface area contributed by atoms with Crippen LogP contribution in [0.4, 0.5) is 5.69 Å². The van der Waals surface area contributed by atoms with Gasteiger partial charge in [-0.15, -0.1) is 0 Å². The van der Waals surface area contributed by atoms with Crippen molar-refractivity contribution < 1.29 is 4.79 Å². The quantitative estimate of drug-likeness (QED) is 0.518. The van der Waals surface area contributed by atoms with Crippen LogP contribution >= 0.6 is 0 Å². The van der Waals surface area contributed by atoms with Gasteiger partial charge in [0.05, 0.1) is 0 Å². The molecule has 0 spiro atoms. The molecule has 1 aromatic rings. The first kappa shape index (κ1) is 17.7. The predicted octanol–water partition coefficient (Wildman–Crippen LogP) is 5.73. The first-order chi connectivity index (χ1) is 10.2. The third-order valence-corrected chi connectivity index (χ3v) is 3.72. The van der Waals surface area contributed by atoms with Crippen molar-refractivity contribution in [1.82, 2.24) is 0 Å². The Bertz CT molecular complexity index is 400. The molecule has 0 aliphatic rings. The van der Waals surface area contributed by atoms with Crippen molar-refractivity contribution >= 4 is 11.6 Å². The molecule has 1 amide bonds. The molecular formula is C19H30NO. The van der Waals surface area contributed by atoms with E-state index in [0.717, 1.165) is 24.1 Å². The van der Waals surface area contributed by atoms with Gasteiger partial charge >= 0.3 is 0 Å². The summed E-state index contributed by atoms with van der Waals surface area (Å²) < 4.78 is 0. The lowest BCUT2D eigenvalue weighted by Crippen LogP contribution is -2.11. The molecule has 0 saturated carbocycles. The maximum Gasteiger partial charge on any atom is 0.224 e. The van der Waals surface area contributed by atoms with Crippen LogP contribution in [0.2, 0.25) is 0 Å². The van der Waals surface area contributed by atoms with Crippen LogP contribution in [-0.4, -0.2) is 5.91 Å². The molecule has 2 nitrogen and oxygen atoms in total. The van der Waals surface area contributed by atoms with Gasteiger partial charge in [-0.1, -0.05) is 70.4 Å². The number of benzene rings is 1. The van der Waals surface area contributed by atoms with Crippen molar-refractivity contribution in [3.8, 4) is 0 Å². The summed E-state index contributed by atoms with van der Waals surface area (Å²) in [6, 6.07) is 7.64. The standard InChI is InChI=1S/C19H30NO/c1-3-4-5-6-7-8-9-10-11-15-19(21)20-18-14-12-13-17(2)16-18/h12-14,16H,2-11,15H2,1H3,(H,20,21). The van der Waals surface area contributed by atoms with Gasteiger partial charge in [-0.2, -0.15) is 0 Å². The number of carbonyl (C=O) groups is 1. The number of carbonyl (C=O) groups excluding carboxylic acids is 1. The van der Waals surface area contributed by atoms with Gasteiger partial charge in [0.2, 0.25) is 5.91 Å². The molecular weight excluding hydrogens is 258 g/mol. The summed E-state index contributed by atoms with van der Waals surface area (Å²) >= 11 is 0. The number of amides is 1. The summed E-state index contributed by atoms with van der Waals surface area (Å²) in [7, 11) is 0. The lowest BCUT2D eigenvalue weighted by atomic mass is 10.1. The molecule has 117 valence electrons. The Hall–Kier alpha value is -1.31. The van der Waals surface area contributed by atoms with E-state index in [1.165, 1.54) is 44.9 Å². The molecule has 1 N–H and O–H groups in total. The van der Waals surface area contributed by atoms with Crippen molar-refractivity contribution in [3.63, 3.8) is 0 Å². The zero-order valence-corrected chi connectivity index (χ0v) is 13.5. The summed E-state index contributed by atoms with van der Waals surface area (Å²) in [4.78, 5) is 11.8. The van der Waals surface area contributed by atoms with Gasteiger partial charge in [0, 0.05) is 12.1 Å². The molecule has 0 aromatic heterocycles. The third kappa shape index (κ3) is 9.28. The maximum atomic E-state index is 11.8. The zero-order chi connectivity index (χ0) is 15.3. The molecule has 1 rings (SSSR count). The average Bonchev–Trinajstić information content (AvgIpc) is 2.45. The monoisotopic (exact) mass is 288 g/mol. The fourth-order valence-corrected chi connectivity index (χ4v) is 2.47. The average molecular weight is 288 g/mol. The largest absolute Gasteiger partial charge is 0.326 e. The Morgan fingerprint density at radius 1 is 1.00 bits per heavy atom. The van der Waals surface area contributed by atoms with Crippen molar-refractivity contribution in [1.29, 1.82) is 0 Å². The molecule has 21 heavy (non-hydrogen) atoms. The van der Waals surface area contributed by atoms with Crippen molar-refractivity contribution in [2.75, 3.05) is 5.32 Å². The molecule has 2 heteroatoms. The second kappa shape index (κ2) is 11.4. The van der Waals surface area contributed by atoms with Gasteiger partial charge in [-0.05, 0) is 31.0 Å². The SMILES string of the molecule is [CH2]c1cccc(NC(=O)CCCCCCCCCCC)c1. The highest BCUT2D eigenvalue weighted by Gasteiger charge is 2.02. The minimum atomic E-state index is 0.114. The fraction of sp³-hybridized carbons (Fsp3) is 0.579. The van der Waals surface area contributed by atoms with E-state index in [9.17, 15) is 4.79 Å². The van der Waals surface area contributed by atoms with Crippen LogP contribution in [0, 0.1) is 6.92 Å². The van der Waals surface area contributed by atoms with Crippen LogP contribution in [0.25, 0.3) is 0 Å². The maximum absolute atomic E-state index is 11.8. The predicted molar refractivity (Wildman–Crippen MR) is 91.4 cm³/mol. The first-order valence-electron chi connectivity index (χ1n) is 8.44. The topological polar surface area (TPSA) is 29.1 Å². The van der Waals surface area contributed by atoms with Crippen LogP contribution in [0.5, 0.6) is 0 Å². The Balaban J connectivity index is 1.99. The molecule has 0 unspecified atom stereocenters. The molecule has 0 heterocycles. The highest BCUT2D eigenvalue weighted by atomic mass is 16.1. The van der Waals surface area contributed by atoms with E-state index in [0.29, 0.717) is 6.42 Å².